The summed E-state index contributed by atoms with van der Waals surface area (Å²) in [6.07, 6.45) is 3.91. The lowest BCUT2D eigenvalue weighted by Crippen LogP contribution is -2.37. The molecule has 132 valence electrons. The van der Waals surface area contributed by atoms with Crippen molar-refractivity contribution in [3.05, 3.63) is 51.7 Å². The van der Waals surface area contributed by atoms with E-state index in [0.717, 1.165) is 47.1 Å². The molecule has 0 radical (unpaired) electrons. The number of fused-ring (bicyclic) bond motifs is 1. The maximum atomic E-state index is 5.93. The van der Waals surface area contributed by atoms with Gasteiger partial charge in [-0.2, -0.15) is 0 Å². The number of aromatic nitrogens is 1. The normalized spacial score (nSPS) is 11.9. The monoisotopic (exact) mass is 356 g/mol. The Hall–Kier alpha value is -2.34. The van der Waals surface area contributed by atoms with Gasteiger partial charge in [0, 0.05) is 42.0 Å². The predicted octanol–water partition coefficient (Wildman–Crippen LogP) is 3.67. The minimum Gasteiger partial charge on any atom is -0.459 e. The summed E-state index contributed by atoms with van der Waals surface area (Å²) in [5.41, 5.74) is 2.10. The van der Waals surface area contributed by atoms with E-state index in [1.807, 2.05) is 24.4 Å². The SMILES string of the molecule is CCc1cnc(CCNC(=NC)NCc2oc3ccccc3c2C)s1. The molecule has 1 aromatic carbocycles. The Bertz CT molecular complexity index is 865. The molecule has 2 heterocycles. The number of furan rings is 1. The van der Waals surface area contributed by atoms with Crippen molar-refractivity contribution in [2.75, 3.05) is 13.6 Å². The second-order valence-electron chi connectivity index (χ2n) is 5.82. The van der Waals surface area contributed by atoms with Crippen LogP contribution in [0.15, 0.2) is 39.9 Å². The van der Waals surface area contributed by atoms with Crippen LogP contribution in [0.4, 0.5) is 0 Å². The largest absolute Gasteiger partial charge is 0.459 e. The molecule has 0 saturated carbocycles. The number of aliphatic imine (C=N–C) groups is 1. The Morgan fingerprint density at radius 2 is 2.12 bits per heavy atom. The van der Waals surface area contributed by atoms with Gasteiger partial charge in [0.1, 0.15) is 11.3 Å². The van der Waals surface area contributed by atoms with Crippen LogP contribution in [0.3, 0.4) is 0 Å². The van der Waals surface area contributed by atoms with Crippen LogP contribution in [0.5, 0.6) is 0 Å². The highest BCUT2D eigenvalue weighted by Gasteiger charge is 2.10. The number of hydrogen-bond donors (Lipinski definition) is 2. The molecule has 0 spiro atoms. The first-order valence-electron chi connectivity index (χ1n) is 8.56. The molecule has 3 aromatic rings. The third kappa shape index (κ3) is 4.20. The van der Waals surface area contributed by atoms with Gasteiger partial charge in [0.05, 0.1) is 11.6 Å². The molecular formula is C19H24N4OS. The zero-order valence-electron chi connectivity index (χ0n) is 14.9. The number of guanidine groups is 1. The third-order valence-electron chi connectivity index (χ3n) is 4.16. The average molecular weight is 356 g/mol. The van der Waals surface area contributed by atoms with E-state index in [9.17, 15) is 0 Å². The molecule has 5 nitrogen and oxygen atoms in total. The molecule has 0 fully saturated rings. The molecule has 0 saturated heterocycles. The van der Waals surface area contributed by atoms with Crippen LogP contribution in [0.25, 0.3) is 11.0 Å². The zero-order valence-corrected chi connectivity index (χ0v) is 15.7. The maximum absolute atomic E-state index is 5.93. The highest BCUT2D eigenvalue weighted by molar-refractivity contribution is 7.11. The Balaban J connectivity index is 1.52. The number of thiazole rings is 1. The summed E-state index contributed by atoms with van der Waals surface area (Å²) in [5, 5.41) is 8.98. The first-order valence-corrected chi connectivity index (χ1v) is 9.38. The summed E-state index contributed by atoms with van der Waals surface area (Å²) < 4.78 is 5.93. The van der Waals surface area contributed by atoms with Crippen molar-refractivity contribution in [1.82, 2.24) is 15.6 Å². The summed E-state index contributed by atoms with van der Waals surface area (Å²) in [5.74, 6) is 1.71. The number of rotatable bonds is 6. The topological polar surface area (TPSA) is 62.5 Å². The lowest BCUT2D eigenvalue weighted by Gasteiger charge is -2.10. The zero-order chi connectivity index (χ0) is 17.6. The lowest BCUT2D eigenvalue weighted by atomic mass is 10.1. The Kier molecular flexibility index (Phi) is 5.71. The van der Waals surface area contributed by atoms with Gasteiger partial charge in [0.2, 0.25) is 0 Å². The molecule has 6 heteroatoms. The molecule has 3 rings (SSSR count). The Morgan fingerprint density at radius 3 is 2.84 bits per heavy atom. The number of hydrogen-bond acceptors (Lipinski definition) is 4. The van der Waals surface area contributed by atoms with E-state index < -0.39 is 0 Å². The van der Waals surface area contributed by atoms with Gasteiger partial charge in [-0.3, -0.25) is 4.99 Å². The van der Waals surface area contributed by atoms with Gasteiger partial charge in [-0.25, -0.2) is 4.98 Å². The highest BCUT2D eigenvalue weighted by Crippen LogP contribution is 2.24. The molecule has 2 aromatic heterocycles. The van der Waals surface area contributed by atoms with Gasteiger partial charge in [-0.1, -0.05) is 25.1 Å². The van der Waals surface area contributed by atoms with Crippen molar-refractivity contribution in [1.29, 1.82) is 0 Å². The van der Waals surface area contributed by atoms with Crippen LogP contribution in [0, 0.1) is 6.92 Å². The van der Waals surface area contributed by atoms with Gasteiger partial charge in [0.25, 0.3) is 0 Å². The van der Waals surface area contributed by atoms with Crippen LogP contribution >= 0.6 is 11.3 Å². The van der Waals surface area contributed by atoms with Crippen molar-refractivity contribution >= 4 is 28.3 Å². The van der Waals surface area contributed by atoms with E-state index in [2.05, 4.69) is 40.5 Å². The van der Waals surface area contributed by atoms with Gasteiger partial charge < -0.3 is 15.1 Å². The van der Waals surface area contributed by atoms with E-state index in [0.29, 0.717) is 6.54 Å². The minimum absolute atomic E-state index is 0.609. The average Bonchev–Trinajstić information content (AvgIpc) is 3.23. The number of aryl methyl sites for hydroxylation is 2. The van der Waals surface area contributed by atoms with E-state index in [4.69, 9.17) is 4.42 Å². The molecule has 0 bridgehead atoms. The van der Waals surface area contributed by atoms with Gasteiger partial charge in [0.15, 0.2) is 5.96 Å². The van der Waals surface area contributed by atoms with Gasteiger partial charge in [-0.15, -0.1) is 11.3 Å². The minimum atomic E-state index is 0.609. The molecule has 0 unspecified atom stereocenters. The van der Waals surface area contributed by atoms with Crippen LogP contribution < -0.4 is 10.6 Å². The Morgan fingerprint density at radius 1 is 1.28 bits per heavy atom. The molecular weight excluding hydrogens is 332 g/mol. The van der Waals surface area contributed by atoms with Crippen LogP contribution in [0.2, 0.25) is 0 Å². The molecule has 2 N–H and O–H groups in total. The molecule has 0 aliphatic heterocycles. The summed E-state index contributed by atoms with van der Waals surface area (Å²) in [7, 11) is 1.78. The van der Waals surface area contributed by atoms with Crippen molar-refractivity contribution in [2.24, 2.45) is 4.99 Å². The van der Waals surface area contributed by atoms with E-state index in [1.165, 1.54) is 10.4 Å². The summed E-state index contributed by atoms with van der Waals surface area (Å²) >= 11 is 1.78. The van der Waals surface area contributed by atoms with E-state index in [1.54, 1.807) is 18.4 Å². The molecule has 0 aliphatic carbocycles. The van der Waals surface area contributed by atoms with Crippen molar-refractivity contribution in [3.8, 4) is 0 Å². The Labute approximate surface area is 152 Å². The second kappa shape index (κ2) is 8.16. The van der Waals surface area contributed by atoms with E-state index in [-0.39, 0.29) is 0 Å². The predicted molar refractivity (Wildman–Crippen MR) is 104 cm³/mol. The van der Waals surface area contributed by atoms with Crippen molar-refractivity contribution in [2.45, 2.75) is 33.2 Å². The third-order valence-corrected chi connectivity index (χ3v) is 5.37. The van der Waals surface area contributed by atoms with Crippen molar-refractivity contribution in [3.63, 3.8) is 0 Å². The first kappa shape index (κ1) is 17.5. The fraction of sp³-hybridized carbons (Fsp3) is 0.368. The van der Waals surface area contributed by atoms with Crippen molar-refractivity contribution < 1.29 is 4.42 Å². The van der Waals surface area contributed by atoms with Gasteiger partial charge >= 0.3 is 0 Å². The first-order chi connectivity index (χ1) is 12.2. The fourth-order valence-corrected chi connectivity index (χ4v) is 3.56. The number of nitrogens with one attached hydrogen (secondary N) is 2. The summed E-state index contributed by atoms with van der Waals surface area (Å²) in [4.78, 5) is 10.0. The van der Waals surface area contributed by atoms with Crippen LogP contribution in [-0.2, 0) is 19.4 Å². The molecule has 0 aliphatic rings. The molecule has 0 atom stereocenters. The number of para-hydroxylation sites is 1. The summed E-state index contributed by atoms with van der Waals surface area (Å²) in [6, 6.07) is 8.11. The fourth-order valence-electron chi connectivity index (χ4n) is 2.69. The number of nitrogens with zero attached hydrogens (tertiary/aromatic N) is 2. The van der Waals surface area contributed by atoms with Gasteiger partial charge in [-0.05, 0) is 19.4 Å². The standard InChI is InChI=1S/C19H24N4OS/c1-4-14-11-22-18(25-14)9-10-21-19(20-3)23-12-17-13(2)15-7-5-6-8-16(15)24-17/h5-8,11H,4,9-10,12H2,1-3H3,(H2,20,21,23). The summed E-state index contributed by atoms with van der Waals surface area (Å²) in [6.45, 7) is 5.65. The molecule has 0 amide bonds. The number of benzene rings is 1. The smallest absolute Gasteiger partial charge is 0.191 e. The highest BCUT2D eigenvalue weighted by atomic mass is 32.1. The van der Waals surface area contributed by atoms with E-state index >= 15 is 0 Å². The second-order valence-corrected chi connectivity index (χ2v) is 7.02. The quantitative estimate of drug-likeness (QED) is 0.522. The lowest BCUT2D eigenvalue weighted by molar-refractivity contribution is 0.534. The van der Waals surface area contributed by atoms with Crippen LogP contribution in [-0.4, -0.2) is 24.5 Å². The molecule has 25 heavy (non-hydrogen) atoms. The maximum Gasteiger partial charge on any atom is 0.191 e. The van der Waals surface area contributed by atoms with Crippen LogP contribution in [0.1, 0.15) is 28.1 Å².